The van der Waals surface area contributed by atoms with E-state index >= 15 is 0 Å². The molecule has 0 spiro atoms. The van der Waals surface area contributed by atoms with Crippen LogP contribution in [-0.2, 0) is 4.74 Å². The summed E-state index contributed by atoms with van der Waals surface area (Å²) >= 11 is 0. The summed E-state index contributed by atoms with van der Waals surface area (Å²) in [5.41, 5.74) is 0.495. The molecule has 0 fully saturated rings. The number of ether oxygens (including phenoxy) is 1. The molecule has 1 aromatic heterocycles. The Hall–Kier alpha value is -0.800. The molecule has 0 radical (unpaired) electrons. The molecule has 0 unspecified atom stereocenters. The summed E-state index contributed by atoms with van der Waals surface area (Å²) in [6.45, 7) is 2.17. The summed E-state index contributed by atoms with van der Waals surface area (Å²) in [7, 11) is 0. The molecule has 0 N–H and O–H groups in total. The van der Waals surface area contributed by atoms with Crippen molar-refractivity contribution in [1.29, 1.82) is 0 Å². The van der Waals surface area contributed by atoms with E-state index in [2.05, 4.69) is 4.98 Å². The average Bonchev–Trinajstić information content (AvgIpc) is 2.07. The zero-order chi connectivity index (χ0) is 8.10. The summed E-state index contributed by atoms with van der Waals surface area (Å²) in [6, 6.07) is 3.37. The van der Waals surface area contributed by atoms with Crippen molar-refractivity contribution in [3.05, 3.63) is 30.1 Å². The zero-order valence-electron chi connectivity index (χ0n) is 7.10. The minimum atomic E-state index is -0.319. The Kier molecular flexibility index (Phi) is 8.86. The summed E-state index contributed by atoms with van der Waals surface area (Å²) < 4.78 is 4.75. The minimum Gasteiger partial charge on any atom is -0.462 e. The number of carbonyl (C=O) groups is 1. The van der Waals surface area contributed by atoms with Gasteiger partial charge in [-0.1, -0.05) is 0 Å². The Bertz CT molecular complexity index is 241. The van der Waals surface area contributed by atoms with E-state index in [9.17, 15) is 4.79 Å². The molecule has 0 atom stereocenters. The predicted molar refractivity (Wildman–Crippen MR) is 54.7 cm³/mol. The minimum absolute atomic E-state index is 0. The third-order valence-electron chi connectivity index (χ3n) is 1.17. The van der Waals surface area contributed by atoms with Crippen molar-refractivity contribution in [1.82, 2.24) is 4.98 Å². The summed E-state index contributed by atoms with van der Waals surface area (Å²) in [5, 5.41) is 0. The van der Waals surface area contributed by atoms with Crippen LogP contribution in [-0.4, -0.2) is 17.6 Å². The lowest BCUT2D eigenvalue weighted by atomic mass is 10.3. The SMILES string of the molecule is CCOC(=O)c1cccnc1.Cl.Cl. The molecule has 0 aliphatic rings. The van der Waals surface area contributed by atoms with Gasteiger partial charge in [0, 0.05) is 12.4 Å². The van der Waals surface area contributed by atoms with E-state index in [0.29, 0.717) is 12.2 Å². The molecular weight excluding hydrogens is 213 g/mol. The maximum Gasteiger partial charge on any atom is 0.339 e. The maximum atomic E-state index is 11.0. The maximum absolute atomic E-state index is 11.0. The number of rotatable bonds is 2. The van der Waals surface area contributed by atoms with Gasteiger partial charge in [-0.3, -0.25) is 4.98 Å². The molecule has 0 saturated heterocycles. The zero-order valence-corrected chi connectivity index (χ0v) is 8.73. The number of pyridine rings is 1. The van der Waals surface area contributed by atoms with Gasteiger partial charge in [0.15, 0.2) is 0 Å². The van der Waals surface area contributed by atoms with E-state index in [-0.39, 0.29) is 30.8 Å². The number of hydrogen-bond donors (Lipinski definition) is 0. The Balaban J connectivity index is 0. The second-order valence-corrected chi connectivity index (χ2v) is 1.96. The van der Waals surface area contributed by atoms with Gasteiger partial charge in [-0.25, -0.2) is 4.79 Å². The molecule has 0 bridgehead atoms. The number of carbonyl (C=O) groups excluding carboxylic acids is 1. The van der Waals surface area contributed by atoms with Crippen LogP contribution in [0.25, 0.3) is 0 Å². The molecule has 0 aliphatic carbocycles. The second kappa shape index (κ2) is 7.83. The van der Waals surface area contributed by atoms with Crippen LogP contribution in [0.15, 0.2) is 24.5 Å². The van der Waals surface area contributed by atoms with E-state index < -0.39 is 0 Å². The molecule has 1 rings (SSSR count). The first-order chi connectivity index (χ1) is 5.34. The molecule has 74 valence electrons. The van der Waals surface area contributed by atoms with Gasteiger partial charge >= 0.3 is 5.97 Å². The van der Waals surface area contributed by atoms with Crippen LogP contribution in [0.5, 0.6) is 0 Å². The van der Waals surface area contributed by atoms with Gasteiger partial charge in [-0.2, -0.15) is 0 Å². The van der Waals surface area contributed by atoms with Crippen molar-refractivity contribution in [2.24, 2.45) is 0 Å². The van der Waals surface area contributed by atoms with Gasteiger partial charge in [-0.05, 0) is 19.1 Å². The molecule has 0 aliphatic heterocycles. The Morgan fingerprint density at radius 3 is 2.69 bits per heavy atom. The average molecular weight is 224 g/mol. The van der Waals surface area contributed by atoms with Gasteiger partial charge in [0.25, 0.3) is 0 Å². The molecule has 1 heterocycles. The number of aromatic nitrogens is 1. The highest BCUT2D eigenvalue weighted by atomic mass is 35.5. The van der Waals surface area contributed by atoms with Gasteiger partial charge in [0.05, 0.1) is 12.2 Å². The monoisotopic (exact) mass is 223 g/mol. The van der Waals surface area contributed by atoms with Crippen molar-refractivity contribution in [2.75, 3.05) is 6.61 Å². The predicted octanol–water partition coefficient (Wildman–Crippen LogP) is 2.10. The van der Waals surface area contributed by atoms with Gasteiger partial charge in [-0.15, -0.1) is 24.8 Å². The smallest absolute Gasteiger partial charge is 0.339 e. The fraction of sp³-hybridized carbons (Fsp3) is 0.250. The van der Waals surface area contributed by atoms with Crippen molar-refractivity contribution in [3.8, 4) is 0 Å². The third-order valence-corrected chi connectivity index (χ3v) is 1.17. The van der Waals surface area contributed by atoms with Gasteiger partial charge in [0.2, 0.25) is 0 Å². The highest BCUT2D eigenvalue weighted by Gasteiger charge is 2.03. The molecule has 0 saturated carbocycles. The van der Waals surface area contributed by atoms with Crippen LogP contribution in [0.3, 0.4) is 0 Å². The van der Waals surface area contributed by atoms with Crippen LogP contribution >= 0.6 is 24.8 Å². The second-order valence-electron chi connectivity index (χ2n) is 1.96. The van der Waals surface area contributed by atoms with Crippen molar-refractivity contribution in [3.63, 3.8) is 0 Å². The molecular formula is C8H11Cl2NO2. The van der Waals surface area contributed by atoms with Gasteiger partial charge < -0.3 is 4.74 Å². The van der Waals surface area contributed by atoms with E-state index in [0.717, 1.165) is 0 Å². The largest absolute Gasteiger partial charge is 0.462 e. The lowest BCUT2D eigenvalue weighted by Crippen LogP contribution is -2.04. The Labute approximate surface area is 89.3 Å². The van der Waals surface area contributed by atoms with Crippen molar-refractivity contribution >= 4 is 30.8 Å². The van der Waals surface area contributed by atoms with E-state index in [1.807, 2.05) is 0 Å². The number of esters is 1. The molecule has 0 aromatic carbocycles. The lowest BCUT2D eigenvalue weighted by molar-refractivity contribution is 0.0526. The molecule has 13 heavy (non-hydrogen) atoms. The fourth-order valence-electron chi connectivity index (χ4n) is 0.698. The van der Waals surface area contributed by atoms with Gasteiger partial charge in [0.1, 0.15) is 0 Å². The normalized spacial score (nSPS) is 7.77. The molecule has 5 heteroatoms. The summed E-state index contributed by atoms with van der Waals surface area (Å²) in [6.07, 6.45) is 3.10. The molecule has 0 amide bonds. The fourth-order valence-corrected chi connectivity index (χ4v) is 0.698. The van der Waals surface area contributed by atoms with Crippen LogP contribution in [0.2, 0.25) is 0 Å². The third kappa shape index (κ3) is 4.70. The number of hydrogen-bond acceptors (Lipinski definition) is 3. The van der Waals surface area contributed by atoms with Crippen molar-refractivity contribution in [2.45, 2.75) is 6.92 Å². The van der Waals surface area contributed by atoms with Crippen LogP contribution in [0.4, 0.5) is 0 Å². The Morgan fingerprint density at radius 1 is 1.54 bits per heavy atom. The standard InChI is InChI=1S/C8H9NO2.2ClH/c1-2-11-8(10)7-4-3-5-9-6-7;;/h3-6H,2H2,1H3;2*1H. The first kappa shape index (κ1) is 14.7. The lowest BCUT2D eigenvalue weighted by Gasteiger charge is -1.98. The van der Waals surface area contributed by atoms with Crippen LogP contribution < -0.4 is 0 Å². The van der Waals surface area contributed by atoms with E-state index in [1.54, 1.807) is 25.3 Å². The highest BCUT2D eigenvalue weighted by Crippen LogP contribution is 1.97. The quantitative estimate of drug-likeness (QED) is 0.722. The highest BCUT2D eigenvalue weighted by molar-refractivity contribution is 5.88. The molecule has 1 aromatic rings. The topological polar surface area (TPSA) is 39.2 Å². The van der Waals surface area contributed by atoms with E-state index in [1.165, 1.54) is 6.20 Å². The summed E-state index contributed by atoms with van der Waals surface area (Å²) in [5.74, 6) is -0.319. The summed E-state index contributed by atoms with van der Waals surface area (Å²) in [4.78, 5) is 14.8. The van der Waals surface area contributed by atoms with Crippen LogP contribution in [0.1, 0.15) is 17.3 Å². The first-order valence-electron chi connectivity index (χ1n) is 3.41. The van der Waals surface area contributed by atoms with Crippen molar-refractivity contribution < 1.29 is 9.53 Å². The molecule has 3 nitrogen and oxygen atoms in total. The number of halogens is 2. The van der Waals surface area contributed by atoms with Crippen LogP contribution in [0, 0.1) is 0 Å². The Morgan fingerprint density at radius 2 is 2.23 bits per heavy atom. The first-order valence-corrected chi connectivity index (χ1v) is 3.41. The van der Waals surface area contributed by atoms with E-state index in [4.69, 9.17) is 4.74 Å². The number of nitrogens with zero attached hydrogens (tertiary/aromatic N) is 1.